The number of hydrogen-bond acceptors (Lipinski definition) is 7. The standard InChI is InChI=1S/C19H18N4O5/c1-22(18-20-15-4-2-3-5-16(15)27-18)10-11-26-14-8-6-13(7-9-14)12-23-17(24)21-19(25)28-23/h2-9H,10-12H2,1H3,(H,21,24,25). The normalized spacial score (nSPS) is 11.0. The molecule has 2 aromatic heterocycles. The van der Waals surface area contributed by atoms with E-state index in [0.717, 1.165) is 21.4 Å². The Kier molecular flexibility index (Phi) is 4.71. The summed E-state index contributed by atoms with van der Waals surface area (Å²) in [5, 5.41) is 0. The summed E-state index contributed by atoms with van der Waals surface area (Å²) in [6, 6.07) is 15.4. The van der Waals surface area contributed by atoms with Gasteiger partial charge in [0.1, 0.15) is 17.9 Å². The zero-order chi connectivity index (χ0) is 19.5. The van der Waals surface area contributed by atoms with E-state index in [-0.39, 0.29) is 6.54 Å². The lowest BCUT2D eigenvalue weighted by molar-refractivity contribution is 0.258. The second-order valence-electron chi connectivity index (χ2n) is 6.22. The maximum absolute atomic E-state index is 11.5. The van der Waals surface area contributed by atoms with Crippen LogP contribution >= 0.6 is 0 Å². The van der Waals surface area contributed by atoms with Crippen LogP contribution in [0.25, 0.3) is 11.1 Å². The highest BCUT2D eigenvalue weighted by molar-refractivity contribution is 5.74. The molecule has 0 atom stereocenters. The average Bonchev–Trinajstić information content (AvgIpc) is 3.26. The van der Waals surface area contributed by atoms with Crippen LogP contribution < -0.4 is 21.1 Å². The molecule has 0 unspecified atom stereocenters. The Bertz CT molecular complexity index is 1150. The quantitative estimate of drug-likeness (QED) is 0.520. The Hall–Kier alpha value is -3.75. The van der Waals surface area contributed by atoms with E-state index in [1.807, 2.05) is 41.2 Å². The lowest BCUT2D eigenvalue weighted by atomic mass is 10.2. The maximum Gasteiger partial charge on any atom is 0.440 e. The highest BCUT2D eigenvalue weighted by atomic mass is 16.5. The van der Waals surface area contributed by atoms with Crippen molar-refractivity contribution in [2.24, 2.45) is 0 Å². The minimum atomic E-state index is -0.770. The smallest absolute Gasteiger partial charge is 0.440 e. The number of para-hydroxylation sites is 2. The molecule has 0 saturated carbocycles. The van der Waals surface area contributed by atoms with E-state index in [2.05, 4.69) is 4.98 Å². The first-order valence-electron chi connectivity index (χ1n) is 8.67. The second kappa shape index (κ2) is 7.47. The number of fused-ring (bicyclic) bond motifs is 1. The molecular formula is C19H18N4O5. The molecule has 1 N–H and O–H groups in total. The number of benzene rings is 2. The number of rotatable bonds is 7. The van der Waals surface area contributed by atoms with Crippen LogP contribution in [-0.4, -0.2) is 34.9 Å². The summed E-state index contributed by atoms with van der Waals surface area (Å²) in [6.07, 6.45) is 0. The topological polar surface area (TPSA) is 106 Å². The Morgan fingerprint density at radius 1 is 1.14 bits per heavy atom. The molecule has 0 aliphatic carbocycles. The van der Waals surface area contributed by atoms with E-state index >= 15 is 0 Å². The lowest BCUT2D eigenvalue weighted by Crippen LogP contribution is -2.24. The highest BCUT2D eigenvalue weighted by Crippen LogP contribution is 2.20. The molecule has 0 saturated heterocycles. The van der Waals surface area contributed by atoms with Gasteiger partial charge in [0.15, 0.2) is 5.58 Å². The van der Waals surface area contributed by atoms with Crippen molar-refractivity contribution < 1.29 is 13.7 Å². The Balaban J connectivity index is 1.31. The molecule has 0 radical (unpaired) electrons. The molecule has 9 heteroatoms. The fourth-order valence-electron chi connectivity index (χ4n) is 2.69. The van der Waals surface area contributed by atoms with Crippen LogP contribution in [0, 0.1) is 0 Å². The number of likely N-dealkylation sites (N-methyl/N-ethyl adjacent to an activating group) is 1. The first kappa shape index (κ1) is 17.7. The van der Waals surface area contributed by atoms with Gasteiger partial charge in [0.25, 0.3) is 6.01 Å². The van der Waals surface area contributed by atoms with Crippen molar-refractivity contribution >= 4 is 17.1 Å². The molecule has 9 nitrogen and oxygen atoms in total. The number of H-pyrrole nitrogens is 1. The van der Waals surface area contributed by atoms with Gasteiger partial charge in [0, 0.05) is 7.05 Å². The first-order chi connectivity index (χ1) is 13.6. The van der Waals surface area contributed by atoms with E-state index in [4.69, 9.17) is 13.7 Å². The Morgan fingerprint density at radius 2 is 1.93 bits per heavy atom. The second-order valence-corrected chi connectivity index (χ2v) is 6.22. The third-order valence-corrected chi connectivity index (χ3v) is 4.18. The molecule has 2 aromatic carbocycles. The molecule has 0 fully saturated rings. The van der Waals surface area contributed by atoms with Gasteiger partial charge in [0.2, 0.25) is 0 Å². The van der Waals surface area contributed by atoms with E-state index in [9.17, 15) is 9.59 Å². The summed E-state index contributed by atoms with van der Waals surface area (Å²) < 4.78 is 17.2. The molecule has 0 amide bonds. The van der Waals surface area contributed by atoms with Gasteiger partial charge in [-0.2, -0.15) is 4.98 Å². The molecule has 4 aromatic rings. The molecule has 0 aliphatic heterocycles. The average molecular weight is 382 g/mol. The SMILES string of the molecule is CN(CCOc1ccc(Cn2oc(=O)[nH]c2=O)cc1)c1nc2ccccc2o1. The van der Waals surface area contributed by atoms with Crippen LogP contribution in [-0.2, 0) is 6.54 Å². The fraction of sp³-hybridized carbons (Fsp3) is 0.211. The number of aromatic nitrogens is 3. The third kappa shape index (κ3) is 3.83. The predicted octanol–water partition coefficient (Wildman–Crippen LogP) is 1.83. The van der Waals surface area contributed by atoms with Gasteiger partial charge in [0.05, 0.1) is 13.1 Å². The molecule has 144 valence electrons. The van der Waals surface area contributed by atoms with Crippen LogP contribution in [0.2, 0.25) is 0 Å². The number of anilines is 1. The number of nitrogens with zero attached hydrogens (tertiary/aromatic N) is 3. The highest BCUT2D eigenvalue weighted by Gasteiger charge is 2.10. The summed E-state index contributed by atoms with van der Waals surface area (Å²) in [4.78, 5) is 30.8. The van der Waals surface area contributed by atoms with Gasteiger partial charge < -0.3 is 18.6 Å². The lowest BCUT2D eigenvalue weighted by Gasteiger charge is -2.15. The van der Waals surface area contributed by atoms with Crippen molar-refractivity contribution in [2.75, 3.05) is 25.1 Å². The van der Waals surface area contributed by atoms with Crippen molar-refractivity contribution in [3.63, 3.8) is 0 Å². The number of aromatic amines is 1. The summed E-state index contributed by atoms with van der Waals surface area (Å²) in [5.74, 6) is -0.0781. The van der Waals surface area contributed by atoms with Crippen LogP contribution in [0.5, 0.6) is 5.75 Å². The largest absolute Gasteiger partial charge is 0.492 e. The van der Waals surface area contributed by atoms with Crippen molar-refractivity contribution in [1.82, 2.24) is 14.7 Å². The van der Waals surface area contributed by atoms with Crippen molar-refractivity contribution in [1.29, 1.82) is 0 Å². The van der Waals surface area contributed by atoms with E-state index in [0.29, 0.717) is 24.9 Å². The molecule has 0 bridgehead atoms. The van der Waals surface area contributed by atoms with Crippen molar-refractivity contribution in [3.05, 3.63) is 75.1 Å². The molecule has 2 heterocycles. The van der Waals surface area contributed by atoms with Gasteiger partial charge in [-0.05, 0) is 29.8 Å². The molecule has 4 rings (SSSR count). The van der Waals surface area contributed by atoms with Gasteiger partial charge in [-0.25, -0.2) is 14.6 Å². The Morgan fingerprint density at radius 3 is 2.64 bits per heavy atom. The number of oxazole rings is 1. The molecule has 0 aliphatic rings. The van der Waals surface area contributed by atoms with Gasteiger partial charge in [-0.3, -0.25) is 0 Å². The van der Waals surface area contributed by atoms with Gasteiger partial charge in [-0.1, -0.05) is 24.3 Å². The van der Waals surface area contributed by atoms with Gasteiger partial charge in [-0.15, -0.1) is 4.74 Å². The summed E-state index contributed by atoms with van der Waals surface area (Å²) in [5.41, 5.74) is 1.80. The van der Waals surface area contributed by atoms with Gasteiger partial charge >= 0.3 is 11.4 Å². The number of hydrogen-bond donors (Lipinski definition) is 1. The summed E-state index contributed by atoms with van der Waals surface area (Å²) in [6.45, 7) is 1.21. The number of ether oxygens (including phenoxy) is 1. The predicted molar refractivity (Wildman–Crippen MR) is 102 cm³/mol. The van der Waals surface area contributed by atoms with Crippen LogP contribution in [0.15, 0.2) is 67.1 Å². The van der Waals surface area contributed by atoms with Crippen LogP contribution in [0.1, 0.15) is 5.56 Å². The zero-order valence-corrected chi connectivity index (χ0v) is 15.1. The minimum Gasteiger partial charge on any atom is -0.492 e. The molecular weight excluding hydrogens is 364 g/mol. The van der Waals surface area contributed by atoms with E-state index in [1.165, 1.54) is 0 Å². The molecule has 0 spiro atoms. The van der Waals surface area contributed by atoms with Crippen LogP contribution in [0.3, 0.4) is 0 Å². The fourth-order valence-corrected chi connectivity index (χ4v) is 2.69. The van der Waals surface area contributed by atoms with Crippen molar-refractivity contribution in [3.8, 4) is 5.75 Å². The molecule has 28 heavy (non-hydrogen) atoms. The zero-order valence-electron chi connectivity index (χ0n) is 15.1. The van der Waals surface area contributed by atoms with Crippen LogP contribution in [0.4, 0.5) is 6.01 Å². The Labute approximate surface area is 158 Å². The minimum absolute atomic E-state index is 0.165. The third-order valence-electron chi connectivity index (χ3n) is 4.18. The monoisotopic (exact) mass is 382 g/mol. The van der Waals surface area contributed by atoms with E-state index < -0.39 is 11.4 Å². The summed E-state index contributed by atoms with van der Waals surface area (Å²) in [7, 11) is 1.89. The van der Waals surface area contributed by atoms with Crippen molar-refractivity contribution in [2.45, 2.75) is 6.54 Å². The number of nitrogens with one attached hydrogen (secondary N) is 1. The first-order valence-corrected chi connectivity index (χ1v) is 8.67. The van der Waals surface area contributed by atoms with E-state index in [1.54, 1.807) is 24.3 Å². The maximum atomic E-state index is 11.5. The summed E-state index contributed by atoms with van der Waals surface area (Å²) >= 11 is 0.